The number of carboxylic acids is 3. The maximum absolute atomic E-state index is 10.1. The quantitative estimate of drug-likeness (QED) is 0.540. The number of nitrogens with zero attached hydrogens (tertiary/aromatic N) is 1. The van der Waals surface area contributed by atoms with Gasteiger partial charge in [0.2, 0.25) is 0 Å². The minimum absolute atomic E-state index is 0. The first kappa shape index (κ1) is 16.2. The normalized spacial score (nSPS) is 9.21. The predicted octanol–water partition coefficient (Wildman–Crippen LogP) is -2.79. The first-order chi connectivity index (χ1) is 5.91. The Kier molecular flexibility index (Phi) is 9.35. The van der Waals surface area contributed by atoms with Crippen molar-refractivity contribution < 1.29 is 71.5 Å². The van der Waals surface area contributed by atoms with Crippen LogP contribution < -0.4 is 5.11 Å². The van der Waals surface area contributed by atoms with Crippen molar-refractivity contribution in [1.29, 1.82) is 0 Å². The van der Waals surface area contributed by atoms with E-state index in [-0.39, 0.29) is 41.7 Å². The summed E-state index contributed by atoms with van der Waals surface area (Å²) in [5, 5.41) is 26.6. The number of carbonyl (C=O) groups excluding carboxylic acids is 1. The zero-order chi connectivity index (χ0) is 10.4. The molecule has 0 spiro atoms. The molecular formula is C6H8CeNO6-. The fourth-order valence-corrected chi connectivity index (χ4v) is 0.733. The monoisotopic (exact) mass is 330 g/mol. The van der Waals surface area contributed by atoms with Gasteiger partial charge >= 0.3 is 11.9 Å². The minimum Gasteiger partial charge on any atom is -0.549 e. The average Bonchev–Trinajstić information content (AvgIpc) is 1.80. The zero-order valence-corrected chi connectivity index (χ0v) is 10.2. The molecule has 0 rings (SSSR count). The standard InChI is InChI=1S/C6H9NO6.Ce/c8-4(9)1-7(2-5(10)11)3-6(12)13;/h1-3H2,(H,8,9)(H,10,11)(H,12,13);/p-1. The second-order valence-electron chi connectivity index (χ2n) is 2.30. The second-order valence-corrected chi connectivity index (χ2v) is 2.30. The molecule has 0 atom stereocenters. The smallest absolute Gasteiger partial charge is 0.317 e. The van der Waals surface area contributed by atoms with Crippen LogP contribution >= 0.6 is 0 Å². The molecule has 7 nitrogen and oxygen atoms in total. The van der Waals surface area contributed by atoms with E-state index in [4.69, 9.17) is 10.2 Å². The number of rotatable bonds is 6. The summed E-state index contributed by atoms with van der Waals surface area (Å²) in [4.78, 5) is 31.0. The predicted molar refractivity (Wildman–Crippen MR) is 36.7 cm³/mol. The van der Waals surface area contributed by atoms with Crippen molar-refractivity contribution in [3.05, 3.63) is 0 Å². The van der Waals surface area contributed by atoms with E-state index >= 15 is 0 Å². The Balaban J connectivity index is 0. The van der Waals surface area contributed by atoms with E-state index in [1.165, 1.54) is 0 Å². The molecule has 0 heterocycles. The molecule has 0 bridgehead atoms. The van der Waals surface area contributed by atoms with Gasteiger partial charge in [0.25, 0.3) is 0 Å². The topological polar surface area (TPSA) is 118 Å². The van der Waals surface area contributed by atoms with Crippen molar-refractivity contribution in [3.8, 4) is 0 Å². The van der Waals surface area contributed by atoms with Crippen LogP contribution in [0.4, 0.5) is 0 Å². The number of aliphatic carboxylic acids is 3. The molecule has 8 heteroatoms. The van der Waals surface area contributed by atoms with Crippen LogP contribution in [0.2, 0.25) is 0 Å². The van der Waals surface area contributed by atoms with Crippen molar-refractivity contribution in [2.75, 3.05) is 19.6 Å². The summed E-state index contributed by atoms with van der Waals surface area (Å²) in [7, 11) is 0. The summed E-state index contributed by atoms with van der Waals surface area (Å²) in [6.07, 6.45) is 0. The van der Waals surface area contributed by atoms with Crippen LogP contribution in [0.5, 0.6) is 0 Å². The Bertz CT molecular complexity index is 192. The first-order valence-corrected chi connectivity index (χ1v) is 3.27. The molecule has 78 valence electrons. The van der Waals surface area contributed by atoms with Crippen LogP contribution in [-0.4, -0.2) is 52.7 Å². The van der Waals surface area contributed by atoms with Gasteiger partial charge in [0.15, 0.2) is 0 Å². The molecule has 14 heavy (non-hydrogen) atoms. The Morgan fingerprint density at radius 3 is 1.57 bits per heavy atom. The number of carbonyl (C=O) groups is 3. The van der Waals surface area contributed by atoms with Crippen LogP contribution in [0.15, 0.2) is 0 Å². The van der Waals surface area contributed by atoms with E-state index in [0.29, 0.717) is 0 Å². The third-order valence-electron chi connectivity index (χ3n) is 1.07. The van der Waals surface area contributed by atoms with Crippen LogP contribution in [-0.2, 0) is 14.4 Å². The van der Waals surface area contributed by atoms with Crippen molar-refractivity contribution in [2.45, 2.75) is 0 Å². The van der Waals surface area contributed by atoms with Crippen molar-refractivity contribution >= 4 is 17.9 Å². The molecule has 0 aromatic rings. The second kappa shape index (κ2) is 8.09. The third kappa shape index (κ3) is 9.83. The molecule has 0 aromatic carbocycles. The molecule has 0 aliphatic carbocycles. The number of hydrogen-bond donors (Lipinski definition) is 2. The third-order valence-corrected chi connectivity index (χ3v) is 1.07. The largest absolute Gasteiger partial charge is 0.549 e. The van der Waals surface area contributed by atoms with Gasteiger partial charge in [-0.3, -0.25) is 14.5 Å². The Morgan fingerprint density at radius 1 is 1.00 bits per heavy atom. The van der Waals surface area contributed by atoms with Gasteiger partial charge in [-0.05, 0) is 0 Å². The summed E-state index contributed by atoms with van der Waals surface area (Å²) in [5.74, 6) is -4.09. The van der Waals surface area contributed by atoms with Gasteiger partial charge in [-0.15, -0.1) is 0 Å². The van der Waals surface area contributed by atoms with Crippen LogP contribution in [0.25, 0.3) is 0 Å². The fourth-order valence-electron chi connectivity index (χ4n) is 0.733. The molecule has 0 amide bonds. The molecule has 0 aromatic heterocycles. The molecular weight excluding hydrogens is 322 g/mol. The van der Waals surface area contributed by atoms with E-state index in [1.807, 2.05) is 0 Å². The summed E-state index contributed by atoms with van der Waals surface area (Å²) < 4.78 is 0. The van der Waals surface area contributed by atoms with Gasteiger partial charge in [-0.2, -0.15) is 0 Å². The van der Waals surface area contributed by atoms with Gasteiger partial charge < -0.3 is 20.1 Å². The summed E-state index contributed by atoms with van der Waals surface area (Å²) in [6.45, 7) is -1.99. The van der Waals surface area contributed by atoms with Crippen molar-refractivity contribution in [3.63, 3.8) is 0 Å². The van der Waals surface area contributed by atoms with Gasteiger partial charge in [0.1, 0.15) is 0 Å². The van der Waals surface area contributed by atoms with Crippen molar-refractivity contribution in [2.24, 2.45) is 0 Å². The molecule has 0 radical (unpaired) electrons. The molecule has 0 aliphatic rings. The maximum atomic E-state index is 10.1. The first-order valence-electron chi connectivity index (χ1n) is 3.27. The molecule has 0 saturated heterocycles. The molecule has 2 N–H and O–H groups in total. The molecule has 0 saturated carbocycles. The van der Waals surface area contributed by atoms with E-state index in [0.717, 1.165) is 4.90 Å². The van der Waals surface area contributed by atoms with Crippen molar-refractivity contribution in [1.82, 2.24) is 4.90 Å². The van der Waals surface area contributed by atoms with E-state index in [9.17, 15) is 19.5 Å². The van der Waals surface area contributed by atoms with Gasteiger partial charge in [0, 0.05) is 48.3 Å². The summed E-state index contributed by atoms with van der Waals surface area (Å²) in [5.41, 5.74) is 0. The average molecular weight is 330 g/mol. The number of carboxylic acid groups (broad SMARTS) is 3. The molecule has 0 unspecified atom stereocenters. The maximum Gasteiger partial charge on any atom is 0.317 e. The van der Waals surface area contributed by atoms with Crippen LogP contribution in [0.1, 0.15) is 0 Å². The Labute approximate surface area is 113 Å². The van der Waals surface area contributed by atoms with Gasteiger partial charge in [0.05, 0.1) is 19.1 Å². The Morgan fingerprint density at radius 2 is 1.36 bits per heavy atom. The molecule has 0 aliphatic heterocycles. The fraction of sp³-hybridized carbons (Fsp3) is 0.500. The van der Waals surface area contributed by atoms with Crippen LogP contribution in [0.3, 0.4) is 0 Å². The summed E-state index contributed by atoms with van der Waals surface area (Å²) in [6, 6.07) is 0. The van der Waals surface area contributed by atoms with E-state index < -0.39 is 37.5 Å². The van der Waals surface area contributed by atoms with E-state index in [1.54, 1.807) is 0 Å². The minimum atomic E-state index is -1.51. The van der Waals surface area contributed by atoms with Gasteiger partial charge in [-0.1, -0.05) is 0 Å². The zero-order valence-electron chi connectivity index (χ0n) is 7.10. The van der Waals surface area contributed by atoms with E-state index in [2.05, 4.69) is 0 Å². The molecule has 0 fully saturated rings. The summed E-state index contributed by atoms with van der Waals surface area (Å²) >= 11 is 0. The van der Waals surface area contributed by atoms with Crippen LogP contribution in [0, 0.1) is 41.7 Å². The number of hydrogen-bond acceptors (Lipinski definition) is 5. The van der Waals surface area contributed by atoms with Gasteiger partial charge in [-0.25, -0.2) is 0 Å². The SMILES string of the molecule is O=C([O-])CN(CC(=O)O)CC(=O)O.[Ce]. The Hall–Kier alpha value is -0.253.